The van der Waals surface area contributed by atoms with Crippen LogP contribution in [0.3, 0.4) is 0 Å². The van der Waals surface area contributed by atoms with Gasteiger partial charge >= 0.3 is 0 Å². The van der Waals surface area contributed by atoms with Crippen LogP contribution in [-0.2, 0) is 6.42 Å². The molecule has 1 aromatic rings. The zero-order valence-electron chi connectivity index (χ0n) is 7.82. The summed E-state index contributed by atoms with van der Waals surface area (Å²) < 4.78 is 16.9. The molecule has 0 N–H and O–H groups in total. The Labute approximate surface area is 92.8 Å². The molecule has 1 rings (SSSR count). The first-order chi connectivity index (χ1) is 6.69. The first-order valence-electron chi connectivity index (χ1n) is 4.27. The van der Waals surface area contributed by atoms with Crippen LogP contribution in [0.2, 0.25) is 10.0 Å². The van der Waals surface area contributed by atoms with Gasteiger partial charge in [0.1, 0.15) is 0 Å². The minimum atomic E-state index is -0.332. The van der Waals surface area contributed by atoms with Crippen molar-refractivity contribution >= 4 is 23.2 Å². The van der Waals surface area contributed by atoms with Crippen molar-refractivity contribution in [1.29, 1.82) is 0 Å². The second kappa shape index (κ2) is 5.42. The molecule has 0 spiro atoms. The van der Waals surface area contributed by atoms with E-state index in [1.54, 1.807) is 12.1 Å². The number of aryl methyl sites for hydroxylation is 1. The summed E-state index contributed by atoms with van der Waals surface area (Å²) in [5, 5.41) is 0.933. The number of hydrogen-bond donors (Lipinski definition) is 0. The third kappa shape index (κ3) is 2.76. The van der Waals surface area contributed by atoms with Crippen LogP contribution in [0.1, 0.15) is 12.0 Å². The van der Waals surface area contributed by atoms with Crippen LogP contribution in [0.15, 0.2) is 12.1 Å². The predicted molar refractivity (Wildman–Crippen MR) is 57.3 cm³/mol. The molecule has 0 bridgehead atoms. The highest BCUT2D eigenvalue weighted by atomic mass is 35.5. The number of hydrogen-bond acceptors (Lipinski definition) is 1. The van der Waals surface area contributed by atoms with E-state index in [2.05, 4.69) is 0 Å². The monoisotopic (exact) mass is 236 g/mol. The Morgan fingerprint density at radius 3 is 2.29 bits per heavy atom. The van der Waals surface area contributed by atoms with Gasteiger partial charge in [-0.1, -0.05) is 23.2 Å². The van der Waals surface area contributed by atoms with E-state index in [9.17, 15) is 4.39 Å². The van der Waals surface area contributed by atoms with E-state index in [4.69, 9.17) is 27.9 Å². The van der Waals surface area contributed by atoms with E-state index in [0.717, 1.165) is 5.56 Å². The molecule has 0 aliphatic heterocycles. The zero-order valence-corrected chi connectivity index (χ0v) is 9.33. The smallest absolute Gasteiger partial charge is 0.156 e. The van der Waals surface area contributed by atoms with E-state index >= 15 is 0 Å². The maximum atomic E-state index is 11.9. The van der Waals surface area contributed by atoms with Gasteiger partial charge in [0.15, 0.2) is 5.75 Å². The van der Waals surface area contributed by atoms with Crippen LogP contribution >= 0.6 is 23.2 Å². The summed E-state index contributed by atoms with van der Waals surface area (Å²) in [6.07, 6.45) is 1.12. The summed E-state index contributed by atoms with van der Waals surface area (Å²) in [7, 11) is 1.51. The zero-order chi connectivity index (χ0) is 10.6. The summed E-state index contributed by atoms with van der Waals surface area (Å²) in [4.78, 5) is 0. The average Bonchev–Trinajstić information content (AvgIpc) is 2.14. The maximum Gasteiger partial charge on any atom is 0.156 e. The van der Waals surface area contributed by atoms with Gasteiger partial charge in [0, 0.05) is 0 Å². The Bertz CT molecular complexity index is 292. The van der Waals surface area contributed by atoms with Crippen molar-refractivity contribution in [3.63, 3.8) is 0 Å². The third-order valence-electron chi connectivity index (χ3n) is 1.86. The van der Waals surface area contributed by atoms with Crippen molar-refractivity contribution in [3.05, 3.63) is 27.7 Å². The summed E-state index contributed by atoms with van der Waals surface area (Å²) in [5.74, 6) is 0.470. The Kier molecular flexibility index (Phi) is 4.49. The first kappa shape index (κ1) is 11.6. The van der Waals surface area contributed by atoms with Crippen LogP contribution in [0.5, 0.6) is 5.75 Å². The molecule has 0 saturated carbocycles. The molecule has 1 nitrogen and oxygen atoms in total. The van der Waals surface area contributed by atoms with Crippen molar-refractivity contribution in [2.75, 3.05) is 13.8 Å². The fourth-order valence-electron chi connectivity index (χ4n) is 1.22. The number of ether oxygens (including phenoxy) is 1. The van der Waals surface area contributed by atoms with E-state index < -0.39 is 0 Å². The number of rotatable bonds is 4. The van der Waals surface area contributed by atoms with Crippen molar-refractivity contribution in [3.8, 4) is 5.75 Å². The molecule has 0 fully saturated rings. The molecule has 1 aromatic carbocycles. The lowest BCUT2D eigenvalue weighted by Crippen LogP contribution is -1.91. The summed E-state index contributed by atoms with van der Waals surface area (Å²) in [6, 6.07) is 3.50. The number of methoxy groups -OCH3 is 1. The van der Waals surface area contributed by atoms with E-state index in [-0.39, 0.29) is 6.67 Å². The molecule has 0 unspecified atom stereocenters. The molecule has 0 aromatic heterocycles. The molecular weight excluding hydrogens is 226 g/mol. The summed E-state index contributed by atoms with van der Waals surface area (Å²) in [6.45, 7) is -0.332. The lowest BCUT2D eigenvalue weighted by atomic mass is 10.1. The van der Waals surface area contributed by atoms with Gasteiger partial charge in [0.05, 0.1) is 23.8 Å². The van der Waals surface area contributed by atoms with Gasteiger partial charge in [0.2, 0.25) is 0 Å². The Morgan fingerprint density at radius 1 is 1.29 bits per heavy atom. The van der Waals surface area contributed by atoms with Crippen LogP contribution < -0.4 is 4.74 Å². The molecule has 4 heteroatoms. The van der Waals surface area contributed by atoms with Gasteiger partial charge in [-0.15, -0.1) is 0 Å². The van der Waals surface area contributed by atoms with Gasteiger partial charge in [0.25, 0.3) is 0 Å². The average molecular weight is 237 g/mol. The van der Waals surface area contributed by atoms with E-state index in [1.165, 1.54) is 7.11 Å². The third-order valence-corrected chi connectivity index (χ3v) is 2.42. The van der Waals surface area contributed by atoms with Crippen molar-refractivity contribution in [1.82, 2.24) is 0 Å². The second-order valence-corrected chi connectivity index (χ2v) is 3.70. The quantitative estimate of drug-likeness (QED) is 0.771. The minimum absolute atomic E-state index is 0.332. The highest BCUT2D eigenvalue weighted by Gasteiger charge is 2.07. The topological polar surface area (TPSA) is 9.23 Å². The highest BCUT2D eigenvalue weighted by molar-refractivity contribution is 6.37. The van der Waals surface area contributed by atoms with Crippen LogP contribution in [0.25, 0.3) is 0 Å². The maximum absolute atomic E-state index is 11.9. The molecule has 0 amide bonds. The number of alkyl halides is 1. The largest absolute Gasteiger partial charge is 0.494 e. The van der Waals surface area contributed by atoms with Crippen molar-refractivity contribution < 1.29 is 9.13 Å². The molecule has 0 radical (unpaired) electrons. The van der Waals surface area contributed by atoms with Crippen LogP contribution in [-0.4, -0.2) is 13.8 Å². The second-order valence-electron chi connectivity index (χ2n) is 2.89. The molecule has 14 heavy (non-hydrogen) atoms. The van der Waals surface area contributed by atoms with Gasteiger partial charge in [-0.25, -0.2) is 0 Å². The first-order valence-corrected chi connectivity index (χ1v) is 5.02. The minimum Gasteiger partial charge on any atom is -0.494 e. The predicted octanol–water partition coefficient (Wildman–Crippen LogP) is 3.90. The lowest BCUT2D eigenvalue weighted by molar-refractivity contribution is 0.415. The van der Waals surface area contributed by atoms with E-state index in [0.29, 0.717) is 28.6 Å². The van der Waals surface area contributed by atoms with Gasteiger partial charge < -0.3 is 4.74 Å². The van der Waals surface area contributed by atoms with E-state index in [1.807, 2.05) is 0 Å². The number of halogens is 3. The standard InChI is InChI=1S/C10H11Cl2FO/c1-14-10-8(11)5-7(3-2-4-13)6-9(10)12/h5-6H,2-4H2,1H3. The van der Waals surface area contributed by atoms with Crippen LogP contribution in [0.4, 0.5) is 4.39 Å². The Morgan fingerprint density at radius 2 is 1.86 bits per heavy atom. The molecule has 0 atom stereocenters. The van der Waals surface area contributed by atoms with Crippen molar-refractivity contribution in [2.24, 2.45) is 0 Å². The highest BCUT2D eigenvalue weighted by Crippen LogP contribution is 2.34. The van der Waals surface area contributed by atoms with Gasteiger partial charge in [-0.05, 0) is 30.5 Å². The molecule has 0 aliphatic carbocycles. The normalized spacial score (nSPS) is 10.3. The fourth-order valence-corrected chi connectivity index (χ4v) is 1.91. The molecule has 0 heterocycles. The van der Waals surface area contributed by atoms with Crippen molar-refractivity contribution in [2.45, 2.75) is 12.8 Å². The summed E-state index contributed by atoms with van der Waals surface area (Å²) in [5.41, 5.74) is 0.929. The molecule has 78 valence electrons. The lowest BCUT2D eigenvalue weighted by Gasteiger charge is -2.07. The molecule has 0 saturated heterocycles. The summed E-state index contributed by atoms with van der Waals surface area (Å²) >= 11 is 11.8. The number of benzene rings is 1. The van der Waals surface area contributed by atoms with Gasteiger partial charge in [-0.2, -0.15) is 0 Å². The Balaban J connectivity index is 2.90. The molecular formula is C10H11Cl2FO. The SMILES string of the molecule is COc1c(Cl)cc(CCCF)cc1Cl. The fraction of sp³-hybridized carbons (Fsp3) is 0.400. The van der Waals surface area contributed by atoms with Crippen LogP contribution in [0, 0.1) is 0 Å². The molecule has 0 aliphatic rings. The van der Waals surface area contributed by atoms with Gasteiger partial charge in [-0.3, -0.25) is 4.39 Å². The Hall–Kier alpha value is -0.470.